The molecule has 7 nitrogen and oxygen atoms in total. The molecule has 0 bridgehead atoms. The Morgan fingerprint density at radius 1 is 1.29 bits per heavy atom. The van der Waals surface area contributed by atoms with Crippen LogP contribution >= 0.6 is 23.1 Å². The summed E-state index contributed by atoms with van der Waals surface area (Å²) in [6.45, 7) is 5.77. The lowest BCUT2D eigenvalue weighted by atomic mass is 9.72. The van der Waals surface area contributed by atoms with Crippen LogP contribution in [0.3, 0.4) is 0 Å². The number of hydrogen-bond acceptors (Lipinski definition) is 8. The summed E-state index contributed by atoms with van der Waals surface area (Å²) in [5.41, 5.74) is 3.29. The van der Waals surface area contributed by atoms with E-state index < -0.39 is 16.8 Å². The van der Waals surface area contributed by atoms with Crippen LogP contribution in [0.5, 0.6) is 0 Å². The summed E-state index contributed by atoms with van der Waals surface area (Å²) < 4.78 is 5.58. The van der Waals surface area contributed by atoms with Crippen molar-refractivity contribution in [2.75, 3.05) is 18.1 Å². The number of dihydropyridines is 1. The smallest absolute Gasteiger partial charge is 0.336 e. The van der Waals surface area contributed by atoms with Gasteiger partial charge in [0.2, 0.25) is 0 Å². The number of Topliss-reactive ketones (excluding diaryl/α,β-unsaturated/α-hetero) is 1. The molecule has 0 saturated carbocycles. The maximum atomic E-state index is 13.6. The van der Waals surface area contributed by atoms with Gasteiger partial charge in [-0.25, -0.2) is 4.79 Å². The first-order valence-corrected chi connectivity index (χ1v) is 13.6. The van der Waals surface area contributed by atoms with Crippen molar-refractivity contribution in [3.8, 4) is 0 Å². The monoisotopic (exact) mass is 512 g/mol. The summed E-state index contributed by atoms with van der Waals surface area (Å²) in [4.78, 5) is 39.2. The van der Waals surface area contributed by atoms with Crippen molar-refractivity contribution in [3.05, 3.63) is 84.4 Å². The predicted octanol–water partition coefficient (Wildman–Crippen LogP) is 5.62. The molecular formula is C26H28N2O5S2. The maximum Gasteiger partial charge on any atom is 0.336 e. The van der Waals surface area contributed by atoms with E-state index in [1.807, 2.05) is 24.4 Å². The first-order valence-electron chi connectivity index (χ1n) is 11.6. The number of ketones is 1. The summed E-state index contributed by atoms with van der Waals surface area (Å²) in [5, 5.41) is 17.0. The molecular weight excluding hydrogens is 484 g/mol. The van der Waals surface area contributed by atoms with Crippen LogP contribution in [0.25, 0.3) is 0 Å². The molecule has 35 heavy (non-hydrogen) atoms. The molecule has 1 aromatic heterocycles. The molecule has 2 heterocycles. The molecule has 0 saturated heterocycles. The average Bonchev–Trinajstić information content (AvgIpc) is 3.36. The molecule has 0 spiro atoms. The number of ether oxygens (including phenoxy) is 1. The van der Waals surface area contributed by atoms with E-state index in [2.05, 4.69) is 5.32 Å². The predicted molar refractivity (Wildman–Crippen MR) is 139 cm³/mol. The van der Waals surface area contributed by atoms with Gasteiger partial charge in [-0.1, -0.05) is 25.1 Å². The van der Waals surface area contributed by atoms with Crippen LogP contribution in [-0.2, 0) is 14.3 Å². The highest BCUT2D eigenvalue weighted by Crippen LogP contribution is 2.46. The van der Waals surface area contributed by atoms with E-state index in [9.17, 15) is 19.7 Å². The van der Waals surface area contributed by atoms with E-state index in [1.54, 1.807) is 49.1 Å². The molecule has 4 rings (SSSR count). The van der Waals surface area contributed by atoms with E-state index in [-0.39, 0.29) is 24.0 Å². The summed E-state index contributed by atoms with van der Waals surface area (Å²) in [7, 11) is 0. The van der Waals surface area contributed by atoms with Crippen molar-refractivity contribution >= 4 is 40.5 Å². The molecule has 0 amide bonds. The fourth-order valence-corrected chi connectivity index (χ4v) is 6.11. The molecule has 184 valence electrons. The standard InChI is InChI=1S/C26H28N2O5S2/c1-4-34-11-9-33-26(30)23-16(3)27-19-12-18(22-6-5-10-35-22)14-21(29)25(19)24(23)17-8-7-15(2)20(13-17)28(31)32/h5-8,10,13,18,24,27H,4,9,11-12,14H2,1-3H3. The van der Waals surface area contributed by atoms with Gasteiger partial charge in [-0.2, -0.15) is 11.8 Å². The Morgan fingerprint density at radius 3 is 2.77 bits per heavy atom. The fourth-order valence-electron chi connectivity index (χ4n) is 4.79. The molecule has 0 fully saturated rings. The second-order valence-corrected chi connectivity index (χ2v) is 11.0. The number of nitro benzene ring substituents is 1. The van der Waals surface area contributed by atoms with E-state index in [1.165, 1.54) is 6.07 Å². The lowest BCUT2D eigenvalue weighted by Crippen LogP contribution is -2.36. The van der Waals surface area contributed by atoms with Gasteiger partial charge in [0.25, 0.3) is 5.69 Å². The van der Waals surface area contributed by atoms with Crippen LogP contribution in [0, 0.1) is 17.0 Å². The number of aryl methyl sites for hydroxylation is 1. The second-order valence-electron chi connectivity index (χ2n) is 8.67. The van der Waals surface area contributed by atoms with Gasteiger partial charge in [-0.3, -0.25) is 14.9 Å². The molecule has 1 aromatic carbocycles. The quantitative estimate of drug-likeness (QED) is 0.212. The minimum absolute atomic E-state index is 0.0346. The number of benzene rings is 1. The molecule has 1 aliphatic carbocycles. The Morgan fingerprint density at radius 2 is 2.09 bits per heavy atom. The van der Waals surface area contributed by atoms with Crippen LogP contribution in [-0.4, -0.2) is 34.8 Å². The number of carbonyl (C=O) groups is 2. The van der Waals surface area contributed by atoms with Gasteiger partial charge in [0.1, 0.15) is 6.61 Å². The van der Waals surface area contributed by atoms with Gasteiger partial charge < -0.3 is 10.1 Å². The number of thiophene rings is 1. The Balaban J connectivity index is 1.77. The number of esters is 1. The summed E-state index contributed by atoms with van der Waals surface area (Å²) in [5.74, 6) is 0.400. The number of rotatable bonds is 8. The van der Waals surface area contributed by atoms with Crippen molar-refractivity contribution in [3.63, 3.8) is 0 Å². The van der Waals surface area contributed by atoms with E-state index in [0.29, 0.717) is 46.6 Å². The van der Waals surface area contributed by atoms with Gasteiger partial charge in [0.05, 0.1) is 10.5 Å². The first-order chi connectivity index (χ1) is 16.8. The van der Waals surface area contributed by atoms with Gasteiger partial charge in [0, 0.05) is 57.5 Å². The van der Waals surface area contributed by atoms with Gasteiger partial charge in [-0.05, 0) is 43.0 Å². The number of nitrogens with zero attached hydrogens (tertiary/aromatic N) is 1. The van der Waals surface area contributed by atoms with Gasteiger partial charge in [-0.15, -0.1) is 11.3 Å². The van der Waals surface area contributed by atoms with Crippen molar-refractivity contribution in [1.29, 1.82) is 0 Å². The second kappa shape index (κ2) is 10.8. The molecule has 2 aliphatic rings. The Kier molecular flexibility index (Phi) is 7.76. The Hall–Kier alpha value is -2.91. The number of allylic oxidation sites excluding steroid dienone is 3. The van der Waals surface area contributed by atoms with Crippen LogP contribution < -0.4 is 5.32 Å². The van der Waals surface area contributed by atoms with Crippen molar-refractivity contribution in [2.45, 2.75) is 45.4 Å². The van der Waals surface area contributed by atoms with Crippen molar-refractivity contribution in [2.24, 2.45) is 0 Å². The zero-order chi connectivity index (χ0) is 25.1. The van der Waals surface area contributed by atoms with Crippen molar-refractivity contribution < 1.29 is 19.2 Å². The lowest BCUT2D eigenvalue weighted by molar-refractivity contribution is -0.385. The van der Waals surface area contributed by atoms with Crippen molar-refractivity contribution in [1.82, 2.24) is 5.32 Å². The normalized spacial score (nSPS) is 19.9. The minimum Gasteiger partial charge on any atom is -0.461 e. The van der Waals surface area contributed by atoms with E-state index >= 15 is 0 Å². The largest absolute Gasteiger partial charge is 0.461 e. The average molecular weight is 513 g/mol. The molecule has 1 N–H and O–H groups in total. The molecule has 2 atom stereocenters. The third kappa shape index (κ3) is 5.21. The molecule has 0 radical (unpaired) electrons. The summed E-state index contributed by atoms with van der Waals surface area (Å²) in [6.07, 6.45) is 0.971. The number of nitro groups is 1. The van der Waals surface area contributed by atoms with E-state index in [0.717, 1.165) is 16.3 Å². The number of hydrogen-bond donors (Lipinski definition) is 1. The summed E-state index contributed by atoms with van der Waals surface area (Å²) >= 11 is 3.30. The van der Waals surface area contributed by atoms with Gasteiger partial charge in [0.15, 0.2) is 5.78 Å². The maximum absolute atomic E-state index is 13.6. The third-order valence-electron chi connectivity index (χ3n) is 6.42. The van der Waals surface area contributed by atoms with Crippen LogP contribution in [0.2, 0.25) is 0 Å². The number of thioether (sulfide) groups is 1. The molecule has 1 aliphatic heterocycles. The number of carbonyl (C=O) groups excluding carboxylic acids is 2. The van der Waals surface area contributed by atoms with Crippen LogP contribution in [0.4, 0.5) is 5.69 Å². The third-order valence-corrected chi connectivity index (χ3v) is 8.32. The topological polar surface area (TPSA) is 98.5 Å². The Bertz CT molecular complexity index is 1220. The summed E-state index contributed by atoms with van der Waals surface area (Å²) in [6, 6.07) is 8.95. The molecule has 2 unspecified atom stereocenters. The SMILES string of the molecule is CCSCCOC(=O)C1=C(C)NC2=C(C(=O)CC(c3cccs3)C2)C1c1ccc(C)c([N+](=O)[O-])c1. The highest BCUT2D eigenvalue weighted by atomic mass is 32.2. The minimum atomic E-state index is -0.714. The zero-order valence-electron chi connectivity index (χ0n) is 20.0. The number of nitrogens with one attached hydrogen (secondary N) is 1. The molecule has 9 heteroatoms. The fraction of sp³-hybridized carbons (Fsp3) is 0.385. The van der Waals surface area contributed by atoms with Gasteiger partial charge >= 0.3 is 5.97 Å². The zero-order valence-corrected chi connectivity index (χ0v) is 21.6. The lowest BCUT2D eigenvalue weighted by Gasteiger charge is -2.36. The Labute approximate surface area is 212 Å². The van der Waals surface area contributed by atoms with Crippen LogP contribution in [0.1, 0.15) is 54.5 Å². The highest BCUT2D eigenvalue weighted by Gasteiger charge is 2.42. The van der Waals surface area contributed by atoms with Crippen LogP contribution in [0.15, 0.2) is 58.3 Å². The highest BCUT2D eigenvalue weighted by molar-refractivity contribution is 7.99. The molecule has 2 aromatic rings. The first kappa shape index (κ1) is 25.2. The van der Waals surface area contributed by atoms with E-state index in [4.69, 9.17) is 4.74 Å².